The number of hydrogen-bond donors (Lipinski definition) is 0. The van der Waals surface area contributed by atoms with Gasteiger partial charge in [0, 0.05) is 38.4 Å². The highest BCUT2D eigenvalue weighted by atomic mass is 16.3. The monoisotopic (exact) mass is 716 g/mol. The summed E-state index contributed by atoms with van der Waals surface area (Å²) in [7, 11) is 0. The Morgan fingerprint density at radius 3 is 1.59 bits per heavy atom. The molecule has 0 spiro atoms. The highest BCUT2D eigenvalue weighted by Crippen LogP contribution is 2.39. The molecule has 0 aliphatic carbocycles. The Hall–Kier alpha value is -7.63. The van der Waals surface area contributed by atoms with Gasteiger partial charge >= 0.3 is 0 Å². The van der Waals surface area contributed by atoms with Gasteiger partial charge in [-0.25, -0.2) is 15.0 Å². The average molecular weight is 717 g/mol. The lowest BCUT2D eigenvalue weighted by Crippen LogP contribution is -2.00. The third-order valence-corrected chi connectivity index (χ3v) is 10.7. The molecule has 5 heteroatoms. The van der Waals surface area contributed by atoms with Crippen molar-refractivity contribution in [2.75, 3.05) is 0 Å². The van der Waals surface area contributed by atoms with E-state index in [2.05, 4.69) is 126 Å². The second-order valence-corrected chi connectivity index (χ2v) is 14.0. The molecule has 0 aliphatic heterocycles. The maximum absolute atomic E-state index is 6.75. The molecule has 262 valence electrons. The van der Waals surface area contributed by atoms with Crippen molar-refractivity contribution in [1.82, 2.24) is 19.5 Å². The molecule has 3 heterocycles. The van der Waals surface area contributed by atoms with Crippen LogP contribution in [0.15, 0.2) is 199 Å². The van der Waals surface area contributed by atoms with Crippen LogP contribution < -0.4 is 0 Å². The molecule has 11 rings (SSSR count). The van der Waals surface area contributed by atoms with E-state index < -0.39 is 0 Å². The molecule has 11 aromatic rings. The van der Waals surface area contributed by atoms with Crippen LogP contribution in [0.4, 0.5) is 0 Å². The molecule has 0 N–H and O–H groups in total. The van der Waals surface area contributed by atoms with Crippen molar-refractivity contribution in [3.8, 4) is 62.1 Å². The van der Waals surface area contributed by atoms with Crippen LogP contribution in [0.25, 0.3) is 106 Å². The Balaban J connectivity index is 1.01. The van der Waals surface area contributed by atoms with Gasteiger partial charge in [0.1, 0.15) is 11.2 Å². The lowest BCUT2D eigenvalue weighted by molar-refractivity contribution is 0.669. The van der Waals surface area contributed by atoms with Gasteiger partial charge in [0.2, 0.25) is 0 Å². The van der Waals surface area contributed by atoms with Crippen LogP contribution in [0, 0.1) is 0 Å². The largest absolute Gasteiger partial charge is 0.455 e. The van der Waals surface area contributed by atoms with Crippen molar-refractivity contribution >= 4 is 43.7 Å². The molecule has 8 aromatic carbocycles. The van der Waals surface area contributed by atoms with Crippen LogP contribution in [0.2, 0.25) is 0 Å². The van der Waals surface area contributed by atoms with Crippen LogP contribution in [-0.2, 0) is 0 Å². The van der Waals surface area contributed by atoms with E-state index in [0.29, 0.717) is 17.5 Å². The summed E-state index contributed by atoms with van der Waals surface area (Å²) in [6.45, 7) is 0. The zero-order valence-corrected chi connectivity index (χ0v) is 30.2. The van der Waals surface area contributed by atoms with Crippen LogP contribution >= 0.6 is 0 Å². The van der Waals surface area contributed by atoms with E-state index in [0.717, 1.165) is 55.4 Å². The van der Waals surface area contributed by atoms with Crippen molar-refractivity contribution in [2.24, 2.45) is 0 Å². The zero-order chi connectivity index (χ0) is 37.0. The number of nitrogens with zero attached hydrogens (tertiary/aromatic N) is 4. The fourth-order valence-corrected chi connectivity index (χ4v) is 7.95. The summed E-state index contributed by atoms with van der Waals surface area (Å²) in [6.07, 6.45) is 0. The van der Waals surface area contributed by atoms with E-state index in [1.165, 1.54) is 32.9 Å². The highest BCUT2D eigenvalue weighted by molar-refractivity contribution is 6.12. The number of fused-ring (bicyclic) bond motifs is 6. The lowest BCUT2D eigenvalue weighted by Gasteiger charge is -2.10. The van der Waals surface area contributed by atoms with E-state index >= 15 is 0 Å². The summed E-state index contributed by atoms with van der Waals surface area (Å²) >= 11 is 0. The number of benzene rings is 8. The number of hydrogen-bond acceptors (Lipinski definition) is 4. The molecule has 5 nitrogen and oxygen atoms in total. The van der Waals surface area contributed by atoms with Crippen LogP contribution in [0.5, 0.6) is 0 Å². The maximum Gasteiger partial charge on any atom is 0.167 e. The van der Waals surface area contributed by atoms with Gasteiger partial charge in [-0.3, -0.25) is 0 Å². The summed E-state index contributed by atoms with van der Waals surface area (Å²) < 4.78 is 9.11. The molecule has 0 saturated heterocycles. The lowest BCUT2D eigenvalue weighted by atomic mass is 10.0. The van der Waals surface area contributed by atoms with Gasteiger partial charge in [-0.2, -0.15) is 0 Å². The van der Waals surface area contributed by atoms with Gasteiger partial charge in [-0.1, -0.05) is 146 Å². The smallest absolute Gasteiger partial charge is 0.167 e. The fraction of sp³-hybridized carbons (Fsp3) is 0. The standard InChI is InChI=1S/C51H32N4O/c1-4-13-33(14-5-1)34-23-27-39(28-24-34)55-45-22-11-10-19-40(45)44-31-37(26-30-46(44)55)38-25-29-41-42-20-12-21-43(48(42)56-47(41)32-38)51-53-49(35-15-6-2-7-16-35)52-50(54-51)36-17-8-3-9-18-36/h1-32H. The molecule has 0 aliphatic rings. The minimum Gasteiger partial charge on any atom is -0.455 e. The number of aromatic nitrogens is 4. The van der Waals surface area contributed by atoms with E-state index in [1.807, 2.05) is 72.8 Å². The van der Waals surface area contributed by atoms with Gasteiger partial charge in [-0.05, 0) is 70.8 Å². The van der Waals surface area contributed by atoms with Crippen molar-refractivity contribution in [1.29, 1.82) is 0 Å². The van der Waals surface area contributed by atoms with Gasteiger partial charge in [0.15, 0.2) is 17.5 Å². The van der Waals surface area contributed by atoms with E-state index in [-0.39, 0.29) is 0 Å². The minimum atomic E-state index is 0.569. The van der Waals surface area contributed by atoms with E-state index in [4.69, 9.17) is 19.4 Å². The van der Waals surface area contributed by atoms with Crippen molar-refractivity contribution in [2.45, 2.75) is 0 Å². The molecule has 0 atom stereocenters. The minimum absolute atomic E-state index is 0.569. The summed E-state index contributed by atoms with van der Waals surface area (Å²) in [6, 6.07) is 67.6. The number of rotatable bonds is 6. The quantitative estimate of drug-likeness (QED) is 0.172. The zero-order valence-electron chi connectivity index (χ0n) is 30.2. The maximum atomic E-state index is 6.75. The molecule has 56 heavy (non-hydrogen) atoms. The fourth-order valence-electron chi connectivity index (χ4n) is 7.95. The normalized spacial score (nSPS) is 11.6. The van der Waals surface area contributed by atoms with E-state index in [9.17, 15) is 0 Å². The summed E-state index contributed by atoms with van der Waals surface area (Å²) in [5.41, 5.74) is 12.3. The predicted molar refractivity (Wildman–Crippen MR) is 229 cm³/mol. The SMILES string of the molecule is c1ccc(-c2ccc(-n3c4ccccc4c4cc(-c5ccc6c(c5)oc5c(-c7nc(-c8ccccc8)nc(-c8ccccc8)n7)cccc56)ccc43)cc2)cc1. The number of para-hydroxylation sites is 2. The third-order valence-electron chi connectivity index (χ3n) is 10.7. The first-order chi connectivity index (χ1) is 27.7. The van der Waals surface area contributed by atoms with Crippen molar-refractivity contribution < 1.29 is 4.42 Å². The Kier molecular flexibility index (Phi) is 7.42. The topological polar surface area (TPSA) is 56.7 Å². The van der Waals surface area contributed by atoms with Crippen LogP contribution in [0.1, 0.15) is 0 Å². The Bertz CT molecular complexity index is 3160. The summed E-state index contributed by atoms with van der Waals surface area (Å²) in [5.74, 6) is 1.80. The second-order valence-electron chi connectivity index (χ2n) is 14.0. The molecule has 0 radical (unpaired) electrons. The first-order valence-corrected chi connectivity index (χ1v) is 18.8. The summed E-state index contributed by atoms with van der Waals surface area (Å²) in [4.78, 5) is 14.9. The van der Waals surface area contributed by atoms with Gasteiger partial charge in [0.25, 0.3) is 0 Å². The molecular weight excluding hydrogens is 685 g/mol. The van der Waals surface area contributed by atoms with Gasteiger partial charge in [0.05, 0.1) is 16.6 Å². The Morgan fingerprint density at radius 1 is 0.339 bits per heavy atom. The molecule has 0 unspecified atom stereocenters. The highest BCUT2D eigenvalue weighted by Gasteiger charge is 2.19. The van der Waals surface area contributed by atoms with Crippen LogP contribution in [-0.4, -0.2) is 19.5 Å². The van der Waals surface area contributed by atoms with E-state index in [1.54, 1.807) is 0 Å². The Labute approximate surface area is 322 Å². The van der Waals surface area contributed by atoms with Gasteiger partial charge < -0.3 is 8.98 Å². The molecule has 0 bridgehead atoms. The van der Waals surface area contributed by atoms with Crippen molar-refractivity contribution in [3.63, 3.8) is 0 Å². The third kappa shape index (κ3) is 5.37. The number of furan rings is 1. The van der Waals surface area contributed by atoms with Crippen LogP contribution in [0.3, 0.4) is 0 Å². The first-order valence-electron chi connectivity index (χ1n) is 18.8. The van der Waals surface area contributed by atoms with Crippen molar-refractivity contribution in [3.05, 3.63) is 194 Å². The molecular formula is C51H32N4O. The molecule has 0 saturated carbocycles. The average Bonchev–Trinajstić information content (AvgIpc) is 3.82. The Morgan fingerprint density at radius 2 is 0.875 bits per heavy atom. The molecule has 0 fully saturated rings. The predicted octanol–water partition coefficient (Wildman–Crippen LogP) is 13.2. The summed E-state index contributed by atoms with van der Waals surface area (Å²) in [5, 5.41) is 4.48. The van der Waals surface area contributed by atoms with Gasteiger partial charge in [-0.15, -0.1) is 0 Å². The molecule has 0 amide bonds. The second kappa shape index (κ2) is 13.0. The molecule has 3 aromatic heterocycles. The first kappa shape index (κ1) is 31.9.